The Bertz CT molecular complexity index is 1170. The first-order valence-corrected chi connectivity index (χ1v) is 10.9. The smallest absolute Gasteiger partial charge is 0.417 e. The van der Waals surface area contributed by atoms with Crippen LogP contribution in [0.5, 0.6) is 5.75 Å². The summed E-state index contributed by atoms with van der Waals surface area (Å²) in [5.41, 5.74) is 1.84. The van der Waals surface area contributed by atoms with E-state index in [1.54, 1.807) is 6.07 Å². The zero-order valence-corrected chi connectivity index (χ0v) is 17.5. The number of alkyl halides is 3. The largest absolute Gasteiger partial charge is 0.493 e. The summed E-state index contributed by atoms with van der Waals surface area (Å²) in [5.74, 6) is 2.07. The molecule has 0 radical (unpaired) electrons. The molecule has 160 valence electrons. The number of aryl methyl sites for hydroxylation is 1. The number of hydrogen-bond acceptors (Lipinski definition) is 5. The van der Waals surface area contributed by atoms with E-state index in [2.05, 4.69) is 15.3 Å². The van der Waals surface area contributed by atoms with Crippen molar-refractivity contribution < 1.29 is 17.9 Å². The summed E-state index contributed by atoms with van der Waals surface area (Å²) in [6, 6.07) is 11.2. The van der Waals surface area contributed by atoms with Crippen molar-refractivity contribution >= 4 is 17.5 Å². The molecule has 0 atom stereocenters. The van der Waals surface area contributed by atoms with E-state index in [0.29, 0.717) is 23.4 Å². The molecule has 2 aliphatic rings. The Labute approximate surface area is 181 Å². The minimum atomic E-state index is -4.50. The second kappa shape index (κ2) is 7.71. The molecular formula is C22H19F3N4OS. The Kier molecular flexibility index (Phi) is 5.00. The number of nitrogens with zero attached hydrogens (tertiary/aromatic N) is 4. The van der Waals surface area contributed by atoms with Crippen molar-refractivity contribution in [2.45, 2.75) is 31.1 Å². The lowest BCUT2D eigenvalue weighted by Crippen LogP contribution is -2.15. The fraction of sp³-hybridized carbons (Fsp3) is 0.318. The Morgan fingerprint density at radius 2 is 1.94 bits per heavy atom. The number of benzene rings is 2. The molecule has 31 heavy (non-hydrogen) atoms. The molecule has 0 spiro atoms. The molecule has 5 nitrogen and oxygen atoms in total. The van der Waals surface area contributed by atoms with E-state index >= 15 is 0 Å². The lowest BCUT2D eigenvalue weighted by molar-refractivity contribution is -0.137. The lowest BCUT2D eigenvalue weighted by atomic mass is 10.1. The third-order valence-electron chi connectivity index (χ3n) is 5.34. The van der Waals surface area contributed by atoms with Crippen molar-refractivity contribution in [1.29, 1.82) is 0 Å². The molecule has 1 fully saturated rings. The molecule has 1 aliphatic heterocycles. The number of fused-ring (bicyclic) bond motifs is 1. The third kappa shape index (κ3) is 4.06. The summed E-state index contributed by atoms with van der Waals surface area (Å²) in [5, 5.41) is 13.2. The van der Waals surface area contributed by atoms with Gasteiger partial charge in [0.2, 0.25) is 5.16 Å². The first-order valence-electron chi connectivity index (χ1n) is 9.96. The van der Waals surface area contributed by atoms with E-state index in [0.717, 1.165) is 28.7 Å². The number of aromatic nitrogens is 3. The van der Waals surface area contributed by atoms with Gasteiger partial charge in [-0.15, -0.1) is 10.2 Å². The molecule has 2 heterocycles. The summed E-state index contributed by atoms with van der Waals surface area (Å²) in [6.45, 7) is 2.70. The van der Waals surface area contributed by atoms with Gasteiger partial charge in [0.15, 0.2) is 5.82 Å². The Morgan fingerprint density at radius 3 is 2.71 bits per heavy atom. The van der Waals surface area contributed by atoms with E-state index in [-0.39, 0.29) is 11.4 Å². The monoisotopic (exact) mass is 444 g/mol. The molecule has 9 heteroatoms. The lowest BCUT2D eigenvalue weighted by Gasteiger charge is -2.17. The van der Waals surface area contributed by atoms with Crippen LogP contribution in [0.25, 0.3) is 11.4 Å². The van der Waals surface area contributed by atoms with Crippen molar-refractivity contribution in [2.24, 2.45) is 11.0 Å². The summed E-state index contributed by atoms with van der Waals surface area (Å²) in [4.78, 5) is 0. The van der Waals surface area contributed by atoms with Crippen LogP contribution in [0.1, 0.15) is 29.5 Å². The maximum atomic E-state index is 13.5. The minimum Gasteiger partial charge on any atom is -0.493 e. The summed E-state index contributed by atoms with van der Waals surface area (Å²) < 4.78 is 47.9. The van der Waals surface area contributed by atoms with Crippen LogP contribution in [-0.2, 0) is 6.18 Å². The summed E-state index contributed by atoms with van der Waals surface area (Å²) in [7, 11) is 0. The summed E-state index contributed by atoms with van der Waals surface area (Å²) in [6.07, 6.45) is -2.08. The quantitative estimate of drug-likeness (QED) is 0.527. The maximum absolute atomic E-state index is 13.5. The molecule has 0 unspecified atom stereocenters. The average Bonchev–Trinajstić information content (AvgIpc) is 3.49. The Balaban J connectivity index is 1.52. The first-order chi connectivity index (χ1) is 14.9. The van der Waals surface area contributed by atoms with E-state index in [1.165, 1.54) is 41.4 Å². The van der Waals surface area contributed by atoms with Crippen LogP contribution in [0.15, 0.2) is 52.7 Å². The number of ether oxygens (including phenoxy) is 1. The fourth-order valence-electron chi connectivity index (χ4n) is 3.39. The van der Waals surface area contributed by atoms with E-state index in [9.17, 15) is 13.2 Å². The molecular weight excluding hydrogens is 425 g/mol. The maximum Gasteiger partial charge on any atom is 0.417 e. The van der Waals surface area contributed by atoms with Crippen LogP contribution in [-0.4, -0.2) is 32.9 Å². The van der Waals surface area contributed by atoms with E-state index < -0.39 is 11.7 Å². The average molecular weight is 444 g/mol. The molecule has 1 aromatic heterocycles. The van der Waals surface area contributed by atoms with Crippen molar-refractivity contribution in [3.63, 3.8) is 0 Å². The number of halogens is 3. The van der Waals surface area contributed by atoms with Gasteiger partial charge in [-0.05, 0) is 43.4 Å². The molecule has 0 amide bonds. The van der Waals surface area contributed by atoms with E-state index in [4.69, 9.17) is 4.74 Å². The SMILES string of the molecule is Cc1ccc(C2=Nn3c(nnc3-c3ccccc3C(F)(F)F)SC2)cc1OCC1CC1. The second-order valence-corrected chi connectivity index (χ2v) is 8.67. The Morgan fingerprint density at radius 1 is 1.13 bits per heavy atom. The van der Waals surface area contributed by atoms with Crippen LogP contribution in [0.2, 0.25) is 0 Å². The van der Waals surface area contributed by atoms with Gasteiger partial charge >= 0.3 is 6.18 Å². The Hall–Kier alpha value is -2.81. The van der Waals surface area contributed by atoms with Crippen LogP contribution in [0.4, 0.5) is 13.2 Å². The molecule has 5 rings (SSSR count). The second-order valence-electron chi connectivity index (χ2n) is 7.73. The predicted molar refractivity (Wildman–Crippen MR) is 113 cm³/mol. The van der Waals surface area contributed by atoms with Gasteiger partial charge in [-0.1, -0.05) is 42.1 Å². The molecule has 0 saturated heterocycles. The molecule has 0 bridgehead atoms. The highest BCUT2D eigenvalue weighted by Crippen LogP contribution is 2.38. The van der Waals surface area contributed by atoms with Gasteiger partial charge < -0.3 is 4.74 Å². The highest BCUT2D eigenvalue weighted by atomic mass is 32.2. The normalized spacial score (nSPS) is 16.1. The van der Waals surface area contributed by atoms with Crippen molar-refractivity contribution in [1.82, 2.24) is 14.9 Å². The van der Waals surface area contributed by atoms with Crippen LogP contribution in [0, 0.1) is 12.8 Å². The van der Waals surface area contributed by atoms with Crippen LogP contribution in [0.3, 0.4) is 0 Å². The van der Waals surface area contributed by atoms with Gasteiger partial charge in [-0.2, -0.15) is 22.9 Å². The first kappa shape index (κ1) is 20.1. The van der Waals surface area contributed by atoms with Crippen LogP contribution >= 0.6 is 11.8 Å². The minimum absolute atomic E-state index is 0.0447. The van der Waals surface area contributed by atoms with Gasteiger partial charge in [0.25, 0.3) is 0 Å². The van der Waals surface area contributed by atoms with Gasteiger partial charge in [0.05, 0.1) is 17.9 Å². The molecule has 2 aromatic carbocycles. The summed E-state index contributed by atoms with van der Waals surface area (Å²) >= 11 is 1.40. The molecule has 0 N–H and O–H groups in total. The van der Waals surface area contributed by atoms with E-state index in [1.807, 2.05) is 25.1 Å². The zero-order valence-electron chi connectivity index (χ0n) is 16.7. The highest BCUT2D eigenvalue weighted by molar-refractivity contribution is 7.99. The number of thioether (sulfide) groups is 1. The van der Waals surface area contributed by atoms with Crippen LogP contribution < -0.4 is 4.74 Å². The van der Waals surface area contributed by atoms with Crippen molar-refractivity contribution in [3.05, 3.63) is 59.2 Å². The number of rotatable bonds is 5. The number of hydrogen-bond donors (Lipinski definition) is 0. The van der Waals surface area contributed by atoms with Crippen molar-refractivity contribution in [3.8, 4) is 17.1 Å². The van der Waals surface area contributed by atoms with Gasteiger partial charge in [-0.25, -0.2) is 0 Å². The molecule has 3 aromatic rings. The van der Waals surface area contributed by atoms with Gasteiger partial charge in [-0.3, -0.25) is 0 Å². The van der Waals surface area contributed by atoms with Crippen molar-refractivity contribution in [2.75, 3.05) is 12.4 Å². The molecule has 1 aliphatic carbocycles. The van der Waals surface area contributed by atoms with Gasteiger partial charge in [0, 0.05) is 16.9 Å². The zero-order chi connectivity index (χ0) is 21.6. The molecule has 1 saturated carbocycles. The highest BCUT2D eigenvalue weighted by Gasteiger charge is 2.35. The predicted octanol–water partition coefficient (Wildman–Crippen LogP) is 5.42. The fourth-order valence-corrected chi connectivity index (χ4v) is 4.23. The van der Waals surface area contributed by atoms with Gasteiger partial charge in [0.1, 0.15) is 5.75 Å². The standard InChI is InChI=1S/C22H19F3N4OS/c1-13-6-9-15(10-19(13)30-11-14-7-8-14)18-12-31-21-27-26-20(29(21)28-18)16-4-2-3-5-17(16)22(23,24)25/h2-6,9-10,14H,7-8,11-12H2,1H3. The topological polar surface area (TPSA) is 52.3 Å². The third-order valence-corrected chi connectivity index (χ3v) is 6.27.